The fraction of sp³-hybridized carbons (Fsp3) is 0.393. The number of rotatable bonds is 9. The summed E-state index contributed by atoms with van der Waals surface area (Å²) in [6, 6.07) is 18.7. The number of anilines is 1. The Morgan fingerprint density at radius 1 is 1.03 bits per heavy atom. The molecule has 1 aliphatic heterocycles. The molecular formula is C28H35ClN4S. The van der Waals surface area contributed by atoms with Crippen molar-refractivity contribution in [3.8, 4) is 0 Å². The van der Waals surface area contributed by atoms with Crippen molar-refractivity contribution in [3.05, 3.63) is 88.2 Å². The summed E-state index contributed by atoms with van der Waals surface area (Å²) in [6.07, 6.45) is 5.91. The summed E-state index contributed by atoms with van der Waals surface area (Å²) in [5.41, 5.74) is 6.09. The highest BCUT2D eigenvalue weighted by molar-refractivity contribution is 7.80. The topological polar surface area (TPSA) is 23.4 Å². The number of nitrogens with one attached hydrogen (secondary N) is 1. The van der Waals surface area contributed by atoms with Crippen LogP contribution in [0.2, 0.25) is 5.02 Å². The third-order valence-corrected chi connectivity index (χ3v) is 7.39. The highest BCUT2D eigenvalue weighted by atomic mass is 35.5. The average molecular weight is 495 g/mol. The Bertz CT molecular complexity index is 1090. The number of likely N-dealkylation sites (tertiary alicyclic amines) is 1. The van der Waals surface area contributed by atoms with Crippen LogP contribution < -0.4 is 5.32 Å². The minimum absolute atomic E-state index is 0.767. The molecule has 0 atom stereocenters. The van der Waals surface area contributed by atoms with Crippen LogP contribution in [0.3, 0.4) is 0 Å². The molecule has 1 aromatic heterocycles. The molecule has 0 bridgehead atoms. The molecular weight excluding hydrogens is 460 g/mol. The minimum atomic E-state index is 0.767. The van der Waals surface area contributed by atoms with E-state index >= 15 is 0 Å². The lowest BCUT2D eigenvalue weighted by molar-refractivity contribution is 0.304. The summed E-state index contributed by atoms with van der Waals surface area (Å²) in [4.78, 5) is 4.89. The molecule has 1 aliphatic rings. The highest BCUT2D eigenvalue weighted by Gasteiger charge is 2.16. The molecule has 0 amide bonds. The Hall–Kier alpha value is -2.34. The monoisotopic (exact) mass is 494 g/mol. The van der Waals surface area contributed by atoms with Gasteiger partial charge in [0.2, 0.25) is 0 Å². The molecule has 1 saturated heterocycles. The van der Waals surface area contributed by atoms with Gasteiger partial charge in [-0.25, -0.2) is 0 Å². The van der Waals surface area contributed by atoms with E-state index in [1.807, 2.05) is 12.1 Å². The van der Waals surface area contributed by atoms with Gasteiger partial charge >= 0.3 is 0 Å². The van der Waals surface area contributed by atoms with Gasteiger partial charge in [-0.2, -0.15) is 0 Å². The molecule has 180 valence electrons. The van der Waals surface area contributed by atoms with Gasteiger partial charge in [-0.1, -0.05) is 35.9 Å². The molecule has 0 unspecified atom stereocenters. The maximum atomic E-state index is 6.07. The van der Waals surface area contributed by atoms with Crippen molar-refractivity contribution in [1.82, 2.24) is 14.4 Å². The fourth-order valence-electron chi connectivity index (χ4n) is 4.55. The predicted molar refractivity (Wildman–Crippen MR) is 148 cm³/mol. The van der Waals surface area contributed by atoms with Crippen molar-refractivity contribution in [1.29, 1.82) is 0 Å². The zero-order valence-corrected chi connectivity index (χ0v) is 21.8. The van der Waals surface area contributed by atoms with Crippen LogP contribution >= 0.6 is 23.8 Å². The van der Waals surface area contributed by atoms with Crippen molar-refractivity contribution < 1.29 is 0 Å². The number of aromatic nitrogens is 1. The molecule has 0 saturated carbocycles. The first-order valence-corrected chi connectivity index (χ1v) is 13.0. The molecule has 4 rings (SSSR count). The Kier molecular flexibility index (Phi) is 8.65. The molecule has 1 fully saturated rings. The van der Waals surface area contributed by atoms with Crippen LogP contribution in [0.25, 0.3) is 0 Å². The van der Waals surface area contributed by atoms with Crippen molar-refractivity contribution in [2.75, 3.05) is 31.5 Å². The first-order valence-electron chi connectivity index (χ1n) is 12.2. The van der Waals surface area contributed by atoms with Crippen LogP contribution in [0.5, 0.6) is 0 Å². The van der Waals surface area contributed by atoms with Crippen molar-refractivity contribution >= 4 is 34.6 Å². The Labute approximate surface area is 214 Å². The van der Waals surface area contributed by atoms with Crippen LogP contribution in [0.1, 0.15) is 41.6 Å². The van der Waals surface area contributed by atoms with E-state index < -0.39 is 0 Å². The molecule has 0 spiro atoms. The average Bonchev–Trinajstić information content (AvgIpc) is 3.50. The molecule has 2 aromatic carbocycles. The number of hydrogen-bond donors (Lipinski definition) is 1. The summed E-state index contributed by atoms with van der Waals surface area (Å²) in [5.74, 6) is 0. The van der Waals surface area contributed by atoms with Gasteiger partial charge in [-0.15, -0.1) is 0 Å². The van der Waals surface area contributed by atoms with E-state index in [0.717, 1.165) is 48.4 Å². The maximum Gasteiger partial charge on any atom is 0.173 e. The molecule has 34 heavy (non-hydrogen) atoms. The Morgan fingerprint density at radius 2 is 1.79 bits per heavy atom. The van der Waals surface area contributed by atoms with E-state index in [4.69, 9.17) is 23.8 Å². The second kappa shape index (κ2) is 11.9. The zero-order valence-electron chi connectivity index (χ0n) is 20.3. The predicted octanol–water partition coefficient (Wildman–Crippen LogP) is 6.49. The number of aryl methyl sites for hydroxylation is 1. The first-order chi connectivity index (χ1) is 16.5. The lowest BCUT2D eigenvalue weighted by Crippen LogP contribution is -2.37. The van der Waals surface area contributed by atoms with E-state index in [-0.39, 0.29) is 0 Å². The van der Waals surface area contributed by atoms with Gasteiger partial charge in [0.15, 0.2) is 5.11 Å². The normalized spacial score (nSPS) is 13.9. The fourth-order valence-corrected chi connectivity index (χ4v) is 4.95. The SMILES string of the molecule is Cc1cccc(NC(=S)N(CCCN2CCCC2)Cc2cccn2Cc2ccc(Cl)cc2)c1C. The smallest absolute Gasteiger partial charge is 0.173 e. The molecule has 4 nitrogen and oxygen atoms in total. The quantitative estimate of drug-likeness (QED) is 0.343. The van der Waals surface area contributed by atoms with Gasteiger partial charge < -0.3 is 19.7 Å². The number of hydrogen-bond acceptors (Lipinski definition) is 2. The molecule has 2 heterocycles. The van der Waals surface area contributed by atoms with Gasteiger partial charge in [0.1, 0.15) is 0 Å². The van der Waals surface area contributed by atoms with Gasteiger partial charge in [-0.3, -0.25) is 0 Å². The number of thiocarbonyl (C=S) groups is 1. The lowest BCUT2D eigenvalue weighted by Gasteiger charge is -2.28. The van der Waals surface area contributed by atoms with Gasteiger partial charge in [-0.05, 0) is 112 Å². The summed E-state index contributed by atoms with van der Waals surface area (Å²) < 4.78 is 2.30. The van der Waals surface area contributed by atoms with E-state index in [1.54, 1.807) is 0 Å². The lowest BCUT2D eigenvalue weighted by atomic mass is 10.1. The number of halogens is 1. The van der Waals surface area contributed by atoms with Crippen LogP contribution in [0, 0.1) is 13.8 Å². The van der Waals surface area contributed by atoms with Gasteiger partial charge in [0.25, 0.3) is 0 Å². The van der Waals surface area contributed by atoms with Crippen LogP contribution in [0.15, 0.2) is 60.8 Å². The second-order valence-corrected chi connectivity index (χ2v) is 10.1. The van der Waals surface area contributed by atoms with E-state index in [2.05, 4.69) is 82.2 Å². The number of nitrogens with zero attached hydrogens (tertiary/aromatic N) is 3. The molecule has 6 heteroatoms. The Morgan fingerprint density at radius 3 is 2.56 bits per heavy atom. The largest absolute Gasteiger partial charge is 0.345 e. The van der Waals surface area contributed by atoms with Crippen molar-refractivity contribution in [2.45, 2.75) is 46.2 Å². The zero-order chi connectivity index (χ0) is 23.9. The maximum absolute atomic E-state index is 6.07. The Balaban J connectivity index is 1.47. The summed E-state index contributed by atoms with van der Waals surface area (Å²) >= 11 is 12.0. The first kappa shape index (κ1) is 24.8. The minimum Gasteiger partial charge on any atom is -0.345 e. The van der Waals surface area contributed by atoms with E-state index in [1.165, 1.54) is 48.3 Å². The van der Waals surface area contributed by atoms with Crippen molar-refractivity contribution in [3.63, 3.8) is 0 Å². The second-order valence-electron chi connectivity index (χ2n) is 9.26. The standard InChI is InChI=1S/C28H35ClN4S/c1-22-8-5-10-27(23(22)2)30-28(34)33(19-7-17-31-15-3-4-16-31)21-26-9-6-18-32(26)20-24-11-13-25(29)14-12-24/h5-6,8-14,18H,3-4,7,15-17,19-21H2,1-2H3,(H,30,34). The van der Waals surface area contributed by atoms with E-state index in [9.17, 15) is 0 Å². The van der Waals surface area contributed by atoms with Crippen LogP contribution in [-0.4, -0.2) is 45.7 Å². The van der Waals surface area contributed by atoms with E-state index in [0.29, 0.717) is 0 Å². The third kappa shape index (κ3) is 6.62. The van der Waals surface area contributed by atoms with Gasteiger partial charge in [0.05, 0.1) is 6.54 Å². The third-order valence-electron chi connectivity index (χ3n) is 6.78. The van der Waals surface area contributed by atoms with Crippen molar-refractivity contribution in [2.24, 2.45) is 0 Å². The molecule has 0 aliphatic carbocycles. The molecule has 1 N–H and O–H groups in total. The van der Waals surface area contributed by atoms with Crippen LogP contribution in [0.4, 0.5) is 5.69 Å². The summed E-state index contributed by atoms with van der Waals surface area (Å²) in [5, 5.41) is 5.09. The molecule has 0 radical (unpaired) electrons. The summed E-state index contributed by atoms with van der Waals surface area (Å²) in [6.45, 7) is 10.4. The highest BCUT2D eigenvalue weighted by Crippen LogP contribution is 2.20. The van der Waals surface area contributed by atoms with Crippen LogP contribution in [-0.2, 0) is 13.1 Å². The number of benzene rings is 2. The van der Waals surface area contributed by atoms with Gasteiger partial charge in [0, 0.05) is 35.7 Å². The summed E-state index contributed by atoms with van der Waals surface area (Å²) in [7, 11) is 0. The molecule has 3 aromatic rings.